The monoisotopic (exact) mass is 670 g/mol. The zero-order chi connectivity index (χ0) is 35.0. The van der Waals surface area contributed by atoms with E-state index in [0.717, 1.165) is 19.1 Å². The molecular formula is C30H40N9O9+. The zero-order valence-corrected chi connectivity index (χ0v) is 26.6. The molecule has 18 nitrogen and oxygen atoms in total. The van der Waals surface area contributed by atoms with E-state index in [1.165, 1.54) is 24.4 Å². The summed E-state index contributed by atoms with van der Waals surface area (Å²) in [6.07, 6.45) is -1.18. The number of hydrazone groups is 1. The average Bonchev–Trinajstić information content (AvgIpc) is 3.20. The maximum Gasteiger partial charge on any atom is 0.412 e. The highest BCUT2D eigenvalue weighted by Gasteiger charge is 2.75. The molecule has 2 aromatic rings. The highest BCUT2D eigenvalue weighted by atomic mass is 16.8. The van der Waals surface area contributed by atoms with Gasteiger partial charge in [-0.2, -0.15) is 15.1 Å². The second-order valence-corrected chi connectivity index (χ2v) is 12.6. The van der Waals surface area contributed by atoms with Gasteiger partial charge in [0.15, 0.2) is 11.4 Å². The number of hydrogen-bond acceptors (Lipinski definition) is 14. The first-order valence-corrected chi connectivity index (χ1v) is 15.3. The van der Waals surface area contributed by atoms with Gasteiger partial charge in [-0.15, -0.1) is 0 Å². The number of carbonyl (C=O) groups is 3. The third-order valence-corrected chi connectivity index (χ3v) is 9.42. The summed E-state index contributed by atoms with van der Waals surface area (Å²) in [5, 5.41) is 55.1. The lowest BCUT2D eigenvalue weighted by Gasteiger charge is -2.49. The maximum absolute atomic E-state index is 13.4. The number of primary amides is 1. The predicted molar refractivity (Wildman–Crippen MR) is 172 cm³/mol. The zero-order valence-electron chi connectivity index (χ0n) is 26.6. The Morgan fingerprint density at radius 3 is 2.62 bits per heavy atom. The quantitative estimate of drug-likeness (QED) is 0.0904. The van der Waals surface area contributed by atoms with Crippen LogP contribution < -0.4 is 21.0 Å². The fourth-order valence-corrected chi connectivity index (χ4v) is 6.77. The number of anilines is 3. The predicted octanol–water partition coefficient (Wildman–Crippen LogP) is 0.205. The van der Waals surface area contributed by atoms with E-state index < -0.39 is 60.1 Å². The average molecular weight is 671 g/mol. The molecule has 8 atom stereocenters. The summed E-state index contributed by atoms with van der Waals surface area (Å²) in [5.74, 6) is -3.30. The van der Waals surface area contributed by atoms with Crippen molar-refractivity contribution in [2.75, 3.05) is 31.9 Å². The Labute approximate surface area is 275 Å². The lowest BCUT2D eigenvalue weighted by atomic mass is 9.87. The molecule has 1 aromatic carbocycles. The van der Waals surface area contributed by atoms with Gasteiger partial charge in [0.05, 0.1) is 44.3 Å². The van der Waals surface area contributed by atoms with Crippen molar-refractivity contribution >= 4 is 53.5 Å². The first-order valence-electron chi connectivity index (χ1n) is 15.3. The van der Waals surface area contributed by atoms with Crippen LogP contribution in [0.1, 0.15) is 36.0 Å². The van der Waals surface area contributed by atoms with Crippen LogP contribution in [0.3, 0.4) is 0 Å². The number of aliphatic hydroxyl groups excluding tert-OH is 2. The molecule has 2 aliphatic carbocycles. The van der Waals surface area contributed by atoms with Gasteiger partial charge in [-0.25, -0.2) is 4.79 Å². The van der Waals surface area contributed by atoms with Crippen LogP contribution in [0.25, 0.3) is 0 Å². The molecule has 2 amide bonds. The number of hydrogen-bond donors (Lipinski definition) is 8. The molecule has 18 heteroatoms. The smallest absolute Gasteiger partial charge is 0.412 e. The number of nitrogens with one attached hydrogen (secondary N) is 3. The Hall–Kier alpha value is -4.75. The summed E-state index contributed by atoms with van der Waals surface area (Å²) in [5.41, 5.74) is 7.39. The van der Waals surface area contributed by atoms with Gasteiger partial charge < -0.3 is 51.3 Å². The summed E-state index contributed by atoms with van der Waals surface area (Å²) in [6, 6.07) is 6.32. The van der Waals surface area contributed by atoms with Crippen LogP contribution in [0.5, 0.6) is 0 Å². The van der Waals surface area contributed by atoms with E-state index in [1.54, 1.807) is 24.3 Å². The van der Waals surface area contributed by atoms with Gasteiger partial charge in [-0.05, 0) is 31.0 Å². The number of nitrogens with two attached hydrogens (primary N) is 1. The number of quaternary nitrogens is 1. The van der Waals surface area contributed by atoms with Crippen molar-refractivity contribution in [3.05, 3.63) is 36.0 Å². The first-order chi connectivity index (χ1) is 22.7. The van der Waals surface area contributed by atoms with Crippen molar-refractivity contribution < 1.29 is 44.3 Å². The lowest BCUT2D eigenvalue weighted by Crippen LogP contribution is -2.71. The molecular weight excluding hydrogens is 630 g/mol. The van der Waals surface area contributed by atoms with Crippen molar-refractivity contribution in [1.82, 2.24) is 19.4 Å². The van der Waals surface area contributed by atoms with Gasteiger partial charge in [-0.1, -0.05) is 12.5 Å². The minimum atomic E-state index is -2.29. The van der Waals surface area contributed by atoms with E-state index in [2.05, 4.69) is 20.8 Å². The maximum atomic E-state index is 13.4. The fourth-order valence-electron chi connectivity index (χ4n) is 6.77. The Morgan fingerprint density at radius 2 is 1.94 bits per heavy atom. The summed E-state index contributed by atoms with van der Waals surface area (Å²) in [7, 11) is 5.28. The Kier molecular flexibility index (Phi) is 9.65. The summed E-state index contributed by atoms with van der Waals surface area (Å²) >= 11 is 0. The normalized spacial score (nSPS) is 29.8. The van der Waals surface area contributed by atoms with E-state index in [4.69, 9.17) is 25.6 Å². The highest BCUT2D eigenvalue weighted by molar-refractivity contribution is 6.14. The molecule has 0 radical (unpaired) electrons. The summed E-state index contributed by atoms with van der Waals surface area (Å²) in [4.78, 5) is 47.9. The van der Waals surface area contributed by atoms with Crippen molar-refractivity contribution in [1.29, 1.82) is 5.41 Å². The molecule has 1 saturated heterocycles. The number of amides is 2. The number of carbonyl (C=O) groups excluding carboxylic acids is 2. The molecule has 1 aliphatic heterocycles. The number of carboxylic acids is 1. The number of carboxylic acid groups (broad SMARTS) is 1. The van der Waals surface area contributed by atoms with E-state index >= 15 is 0 Å². The van der Waals surface area contributed by atoms with Crippen LogP contribution in [0.15, 0.2) is 35.6 Å². The molecule has 48 heavy (non-hydrogen) atoms. The van der Waals surface area contributed by atoms with Crippen molar-refractivity contribution in [2.45, 2.75) is 68.0 Å². The Bertz CT molecular complexity index is 1610. The Morgan fingerprint density at radius 1 is 1.23 bits per heavy atom. The van der Waals surface area contributed by atoms with E-state index in [-0.39, 0.29) is 21.9 Å². The minimum absolute atomic E-state index is 0.0564. The lowest BCUT2D eigenvalue weighted by molar-refractivity contribution is -0.371. The number of rotatable bonds is 11. The van der Waals surface area contributed by atoms with Crippen LogP contribution in [-0.2, 0) is 14.3 Å². The number of aromatic nitrogens is 2. The van der Waals surface area contributed by atoms with E-state index in [9.17, 15) is 34.8 Å². The molecule has 0 bridgehead atoms. The molecule has 0 spiro atoms. The van der Waals surface area contributed by atoms with Crippen LogP contribution in [0.2, 0.25) is 0 Å². The molecule has 3 fully saturated rings. The third-order valence-electron chi connectivity index (χ3n) is 9.42. The van der Waals surface area contributed by atoms with Gasteiger partial charge >= 0.3 is 18.0 Å². The third kappa shape index (κ3) is 6.15. The van der Waals surface area contributed by atoms with E-state index in [0.29, 0.717) is 30.2 Å². The molecule has 3 aliphatic rings. The number of benzene rings is 1. The number of aliphatic hydroxyl groups is 3. The van der Waals surface area contributed by atoms with Crippen LogP contribution in [-0.4, -0.2) is 129 Å². The number of aliphatic carboxylic acids is 1. The van der Waals surface area contributed by atoms with Crippen LogP contribution in [0, 0.1) is 11.3 Å². The minimum Gasteiger partial charge on any atom is -0.481 e. The SMILES string of the molecule is CN(C(=O)OC1OC2C(C(=O)O)C(O)C(O)C12O)C1CCCCC1[N+](C)(C)c1ncc(C(N)=O)c(Nc2cccc(NN=CC=N)c2)n1. The molecule has 8 unspecified atom stereocenters. The van der Waals surface area contributed by atoms with E-state index in [1.807, 2.05) is 14.1 Å². The van der Waals surface area contributed by atoms with Gasteiger partial charge in [0.25, 0.3) is 5.91 Å². The topological polar surface area (TPSA) is 266 Å². The fraction of sp³-hybridized carbons (Fsp3) is 0.500. The molecule has 258 valence electrons. The number of nitrogens with zero attached hydrogens (tertiary/aromatic N) is 5. The van der Waals surface area contributed by atoms with Crippen LogP contribution >= 0.6 is 0 Å². The van der Waals surface area contributed by atoms with Gasteiger partial charge in [-0.3, -0.25) is 19.5 Å². The summed E-state index contributed by atoms with van der Waals surface area (Å²) < 4.78 is 10.9. The largest absolute Gasteiger partial charge is 0.481 e. The molecule has 5 rings (SSSR count). The Balaban J connectivity index is 1.35. The number of ether oxygens (including phenoxy) is 2. The first kappa shape index (κ1) is 34.6. The van der Waals surface area contributed by atoms with Crippen molar-refractivity contribution in [3.8, 4) is 0 Å². The number of fused-ring (bicyclic) bond motifs is 1. The molecule has 2 heterocycles. The standard InChI is InChI=1S/C30H39N9O9/c1-38(29(45)48-27-30(46)22(41)21(40)20(26(43)44)23(30)47-27)18-9-4-5-10-19(18)39(2,3)28-33-14-17(24(32)42)25(36-28)35-15-7-6-8-16(13-15)37-34-12-11-31/h6-8,11-14,18-23,27,40-41,46H,4-5,9-10H2,1-3H3,(H5-,31,32,33,35,36,37,42,43,44)/p+1. The molecule has 2 saturated carbocycles. The number of likely N-dealkylation sites (N-methyl/N-ethyl adjacent to an activating group) is 2. The second-order valence-electron chi connectivity index (χ2n) is 12.6. The van der Waals surface area contributed by atoms with Crippen LogP contribution in [0.4, 0.5) is 27.9 Å². The highest BCUT2D eigenvalue weighted by Crippen LogP contribution is 2.49. The van der Waals surface area contributed by atoms with Gasteiger partial charge in [0, 0.05) is 25.4 Å². The van der Waals surface area contributed by atoms with Gasteiger partial charge in [0.1, 0.15) is 29.7 Å². The van der Waals surface area contributed by atoms with Crippen molar-refractivity contribution in [3.63, 3.8) is 0 Å². The van der Waals surface area contributed by atoms with Gasteiger partial charge in [0.2, 0.25) is 6.29 Å². The molecule has 9 N–H and O–H groups in total. The van der Waals surface area contributed by atoms with Crippen molar-refractivity contribution in [2.24, 2.45) is 16.8 Å². The molecule has 1 aromatic heterocycles. The second kappa shape index (κ2) is 13.4. The summed E-state index contributed by atoms with van der Waals surface area (Å²) in [6.45, 7) is 0.